The zero-order valence-electron chi connectivity index (χ0n) is 7.43. The summed E-state index contributed by atoms with van der Waals surface area (Å²) in [6.45, 7) is 2.84. The summed E-state index contributed by atoms with van der Waals surface area (Å²) in [4.78, 5) is 21.5. The van der Waals surface area contributed by atoms with Crippen molar-refractivity contribution in [1.82, 2.24) is 0 Å². The van der Waals surface area contributed by atoms with E-state index in [0.717, 1.165) is 6.07 Å². The third-order valence-corrected chi connectivity index (χ3v) is 1.94. The number of carbonyl (C=O) groups excluding carboxylic acids is 2. The standard InChI is InChI=1S/C10H9FO2/c1-6-8(5-12)3-4-9(11)10(6)7(2)13/h3-5H,1-2H3. The summed E-state index contributed by atoms with van der Waals surface area (Å²) >= 11 is 0. The van der Waals surface area contributed by atoms with Crippen LogP contribution in [0.4, 0.5) is 4.39 Å². The molecule has 0 aliphatic heterocycles. The molecule has 1 rings (SSSR count). The van der Waals surface area contributed by atoms with Crippen molar-refractivity contribution in [3.8, 4) is 0 Å². The third-order valence-electron chi connectivity index (χ3n) is 1.94. The van der Waals surface area contributed by atoms with Gasteiger partial charge in [-0.05, 0) is 31.5 Å². The van der Waals surface area contributed by atoms with Gasteiger partial charge in [0.2, 0.25) is 0 Å². The van der Waals surface area contributed by atoms with E-state index in [4.69, 9.17) is 0 Å². The Hall–Kier alpha value is -1.51. The molecule has 0 aromatic heterocycles. The second kappa shape index (κ2) is 3.47. The van der Waals surface area contributed by atoms with Gasteiger partial charge in [-0.3, -0.25) is 9.59 Å². The van der Waals surface area contributed by atoms with Crippen molar-refractivity contribution in [1.29, 1.82) is 0 Å². The fourth-order valence-electron chi connectivity index (χ4n) is 1.25. The normalized spacial score (nSPS) is 9.77. The molecule has 3 heteroatoms. The van der Waals surface area contributed by atoms with Crippen LogP contribution in [0.1, 0.15) is 33.2 Å². The molecule has 0 bridgehead atoms. The topological polar surface area (TPSA) is 34.1 Å². The zero-order chi connectivity index (χ0) is 10.0. The summed E-state index contributed by atoms with van der Waals surface area (Å²) in [7, 11) is 0. The molecule has 0 fully saturated rings. The molecule has 0 amide bonds. The minimum absolute atomic E-state index is 0.00426. The Balaban J connectivity index is 3.47. The number of ketones is 1. The molecule has 68 valence electrons. The molecule has 0 heterocycles. The van der Waals surface area contributed by atoms with E-state index >= 15 is 0 Å². The van der Waals surface area contributed by atoms with Crippen LogP contribution in [0.25, 0.3) is 0 Å². The first-order valence-electron chi connectivity index (χ1n) is 3.83. The summed E-state index contributed by atoms with van der Waals surface area (Å²) in [5, 5.41) is 0. The number of aldehydes is 1. The zero-order valence-corrected chi connectivity index (χ0v) is 7.43. The Morgan fingerprint density at radius 1 is 1.46 bits per heavy atom. The average molecular weight is 180 g/mol. The van der Waals surface area contributed by atoms with E-state index in [0.29, 0.717) is 17.4 Å². The van der Waals surface area contributed by atoms with Crippen molar-refractivity contribution < 1.29 is 14.0 Å². The molecule has 1 aromatic rings. The van der Waals surface area contributed by atoms with Crippen molar-refractivity contribution in [2.45, 2.75) is 13.8 Å². The second-order valence-corrected chi connectivity index (χ2v) is 2.81. The molecule has 0 aliphatic rings. The van der Waals surface area contributed by atoms with Crippen LogP contribution in [0, 0.1) is 12.7 Å². The lowest BCUT2D eigenvalue weighted by Crippen LogP contribution is -2.03. The molecule has 0 aliphatic carbocycles. The molecular formula is C10H9FO2. The van der Waals surface area contributed by atoms with Crippen molar-refractivity contribution in [3.63, 3.8) is 0 Å². The maximum atomic E-state index is 13.1. The van der Waals surface area contributed by atoms with Crippen LogP contribution in [0.2, 0.25) is 0 Å². The summed E-state index contributed by atoms with van der Waals surface area (Å²) in [6.07, 6.45) is 0.612. The predicted molar refractivity (Wildman–Crippen MR) is 46.5 cm³/mol. The molecule has 1 aromatic carbocycles. The smallest absolute Gasteiger partial charge is 0.163 e. The van der Waals surface area contributed by atoms with E-state index in [1.54, 1.807) is 6.92 Å². The van der Waals surface area contributed by atoms with Gasteiger partial charge < -0.3 is 0 Å². The van der Waals surface area contributed by atoms with Gasteiger partial charge in [-0.25, -0.2) is 4.39 Å². The highest BCUT2D eigenvalue weighted by molar-refractivity contribution is 5.98. The maximum absolute atomic E-state index is 13.1. The van der Waals surface area contributed by atoms with Crippen LogP contribution in [-0.2, 0) is 0 Å². The SMILES string of the molecule is CC(=O)c1c(F)ccc(C=O)c1C. The van der Waals surface area contributed by atoms with Gasteiger partial charge in [0, 0.05) is 5.56 Å². The van der Waals surface area contributed by atoms with Gasteiger partial charge in [0.25, 0.3) is 0 Å². The summed E-state index contributed by atoms with van der Waals surface area (Å²) < 4.78 is 13.1. The van der Waals surface area contributed by atoms with Gasteiger partial charge >= 0.3 is 0 Å². The van der Waals surface area contributed by atoms with E-state index in [1.165, 1.54) is 13.0 Å². The number of benzene rings is 1. The first kappa shape index (κ1) is 9.58. The average Bonchev–Trinajstić information content (AvgIpc) is 2.04. The van der Waals surface area contributed by atoms with Crippen molar-refractivity contribution in [2.24, 2.45) is 0 Å². The second-order valence-electron chi connectivity index (χ2n) is 2.81. The number of rotatable bonds is 2. The largest absolute Gasteiger partial charge is 0.298 e. The van der Waals surface area contributed by atoms with Gasteiger partial charge in [0.1, 0.15) is 12.1 Å². The minimum atomic E-state index is -0.574. The summed E-state index contributed by atoms with van der Waals surface area (Å²) in [5.74, 6) is -0.936. The Kier molecular flexibility index (Phi) is 2.56. The van der Waals surface area contributed by atoms with Gasteiger partial charge in [-0.15, -0.1) is 0 Å². The van der Waals surface area contributed by atoms with E-state index in [1.807, 2.05) is 0 Å². The van der Waals surface area contributed by atoms with Crippen LogP contribution < -0.4 is 0 Å². The monoisotopic (exact) mass is 180 g/mol. The highest BCUT2D eigenvalue weighted by atomic mass is 19.1. The molecule has 0 N–H and O–H groups in total. The summed E-state index contributed by atoms with van der Waals surface area (Å²) in [6, 6.07) is 2.50. The molecule has 0 unspecified atom stereocenters. The Labute approximate surface area is 75.4 Å². The first-order chi connectivity index (χ1) is 6.07. The van der Waals surface area contributed by atoms with E-state index in [2.05, 4.69) is 0 Å². The molecule has 0 spiro atoms. The number of hydrogen-bond donors (Lipinski definition) is 0. The fraction of sp³-hybridized carbons (Fsp3) is 0.200. The number of hydrogen-bond acceptors (Lipinski definition) is 2. The molecule has 13 heavy (non-hydrogen) atoms. The van der Waals surface area contributed by atoms with Gasteiger partial charge in [0.05, 0.1) is 5.56 Å². The van der Waals surface area contributed by atoms with Gasteiger partial charge in [-0.1, -0.05) is 0 Å². The Bertz CT molecular complexity index is 369. The fourth-order valence-corrected chi connectivity index (χ4v) is 1.25. The lowest BCUT2D eigenvalue weighted by atomic mass is 10.00. The van der Waals surface area contributed by atoms with Crippen LogP contribution in [0.3, 0.4) is 0 Å². The Morgan fingerprint density at radius 3 is 2.54 bits per heavy atom. The molecule has 0 radical (unpaired) electrons. The molecule has 0 saturated heterocycles. The minimum Gasteiger partial charge on any atom is -0.298 e. The lowest BCUT2D eigenvalue weighted by Gasteiger charge is -2.05. The molecule has 0 atom stereocenters. The highest BCUT2D eigenvalue weighted by Gasteiger charge is 2.12. The first-order valence-corrected chi connectivity index (χ1v) is 3.83. The quantitative estimate of drug-likeness (QED) is 0.516. The molecule has 0 saturated carbocycles. The summed E-state index contributed by atoms with van der Waals surface area (Å²) in [5.41, 5.74) is 0.763. The predicted octanol–water partition coefficient (Wildman–Crippen LogP) is 2.15. The van der Waals surface area contributed by atoms with Crippen molar-refractivity contribution >= 4 is 12.1 Å². The van der Waals surface area contributed by atoms with E-state index < -0.39 is 5.82 Å². The lowest BCUT2D eigenvalue weighted by molar-refractivity contribution is 0.101. The van der Waals surface area contributed by atoms with Gasteiger partial charge in [0.15, 0.2) is 5.78 Å². The van der Waals surface area contributed by atoms with E-state index in [9.17, 15) is 14.0 Å². The van der Waals surface area contributed by atoms with Crippen LogP contribution in [0.5, 0.6) is 0 Å². The van der Waals surface area contributed by atoms with Crippen LogP contribution in [0.15, 0.2) is 12.1 Å². The third kappa shape index (κ3) is 1.64. The molecule has 2 nitrogen and oxygen atoms in total. The van der Waals surface area contributed by atoms with Crippen molar-refractivity contribution in [2.75, 3.05) is 0 Å². The van der Waals surface area contributed by atoms with Crippen molar-refractivity contribution in [3.05, 3.63) is 34.6 Å². The van der Waals surface area contributed by atoms with Gasteiger partial charge in [-0.2, -0.15) is 0 Å². The molecular weight excluding hydrogens is 171 g/mol. The van der Waals surface area contributed by atoms with Crippen LogP contribution >= 0.6 is 0 Å². The number of Topliss-reactive ketones (excluding diaryl/α,β-unsaturated/α-hetero) is 1. The number of halogens is 1. The van der Waals surface area contributed by atoms with Crippen LogP contribution in [-0.4, -0.2) is 12.1 Å². The van der Waals surface area contributed by atoms with E-state index in [-0.39, 0.29) is 11.3 Å². The highest BCUT2D eigenvalue weighted by Crippen LogP contribution is 2.16. The number of carbonyl (C=O) groups is 2. The Morgan fingerprint density at radius 2 is 2.08 bits per heavy atom. The maximum Gasteiger partial charge on any atom is 0.163 e.